The Balaban J connectivity index is 2.50. The van der Waals surface area contributed by atoms with Gasteiger partial charge in [-0.05, 0) is 37.3 Å². The average molecular weight is 305 g/mol. The molecule has 0 atom stereocenters. The fourth-order valence-corrected chi connectivity index (χ4v) is 1.95. The molecule has 0 fully saturated rings. The quantitative estimate of drug-likeness (QED) is 0.543. The Morgan fingerprint density at radius 2 is 1.77 bits per heavy atom. The van der Waals surface area contributed by atoms with E-state index in [0.717, 1.165) is 32.1 Å². The minimum absolute atomic E-state index is 0.680. The molecule has 124 valence electrons. The van der Waals surface area contributed by atoms with Crippen LogP contribution in [0.2, 0.25) is 0 Å². The third-order valence-electron chi connectivity index (χ3n) is 3.27. The van der Waals surface area contributed by atoms with E-state index >= 15 is 0 Å². The Hall–Kier alpha value is -1.55. The molecule has 4 nitrogen and oxygen atoms in total. The fraction of sp³-hybridized carbons (Fsp3) is 0.611. The summed E-state index contributed by atoms with van der Waals surface area (Å²) in [5.74, 6) is 1.59. The highest BCUT2D eigenvalue weighted by Gasteiger charge is 1.99. The summed E-state index contributed by atoms with van der Waals surface area (Å²) in [7, 11) is 0. The summed E-state index contributed by atoms with van der Waals surface area (Å²) in [4.78, 5) is 4.64. The fourth-order valence-electron chi connectivity index (χ4n) is 1.95. The lowest BCUT2D eigenvalue weighted by molar-refractivity contribution is 0.134. The monoisotopic (exact) mass is 305 g/mol. The lowest BCUT2D eigenvalue weighted by Crippen LogP contribution is -2.38. The summed E-state index contributed by atoms with van der Waals surface area (Å²) >= 11 is 0. The van der Waals surface area contributed by atoms with Gasteiger partial charge in [-0.2, -0.15) is 0 Å². The third kappa shape index (κ3) is 8.03. The molecule has 1 rings (SSSR count). The molecule has 0 saturated heterocycles. The van der Waals surface area contributed by atoms with Crippen LogP contribution in [0.4, 0.5) is 0 Å². The van der Waals surface area contributed by atoms with Crippen molar-refractivity contribution in [3.05, 3.63) is 35.4 Å². The van der Waals surface area contributed by atoms with E-state index in [1.54, 1.807) is 0 Å². The molecule has 0 aliphatic heterocycles. The largest absolute Gasteiger partial charge is 0.377 e. The maximum atomic E-state index is 5.41. The van der Waals surface area contributed by atoms with Crippen LogP contribution in [-0.4, -0.2) is 25.7 Å². The number of aliphatic imine (C=N–C) groups is 1. The maximum absolute atomic E-state index is 5.41. The van der Waals surface area contributed by atoms with Crippen molar-refractivity contribution >= 4 is 5.96 Å². The number of nitrogens with zero attached hydrogens (tertiary/aromatic N) is 1. The van der Waals surface area contributed by atoms with Crippen LogP contribution in [0.25, 0.3) is 0 Å². The minimum atomic E-state index is 0.680. The van der Waals surface area contributed by atoms with Crippen molar-refractivity contribution in [3.63, 3.8) is 0 Å². The highest BCUT2D eigenvalue weighted by atomic mass is 16.5. The molecule has 0 unspecified atom stereocenters. The zero-order valence-corrected chi connectivity index (χ0v) is 14.5. The molecule has 0 bridgehead atoms. The molecule has 0 radical (unpaired) electrons. The van der Waals surface area contributed by atoms with Gasteiger partial charge in [0.25, 0.3) is 0 Å². The summed E-state index contributed by atoms with van der Waals surface area (Å²) in [5.41, 5.74) is 2.41. The molecule has 0 aliphatic carbocycles. The maximum Gasteiger partial charge on any atom is 0.191 e. The van der Waals surface area contributed by atoms with Crippen molar-refractivity contribution in [2.45, 2.75) is 47.3 Å². The van der Waals surface area contributed by atoms with Crippen molar-refractivity contribution in [1.29, 1.82) is 0 Å². The zero-order valence-electron chi connectivity index (χ0n) is 14.5. The van der Waals surface area contributed by atoms with Crippen LogP contribution in [0.3, 0.4) is 0 Å². The standard InChI is InChI=1S/C18H31N3O/c1-5-19-18(20-12-11-15(3)4)21-13-16-7-9-17(10-8-16)14-22-6-2/h7-10,15H,5-6,11-14H2,1-4H3,(H2,19,20,21). The first-order valence-electron chi connectivity index (χ1n) is 8.33. The second kappa shape index (κ2) is 11.1. The van der Waals surface area contributed by atoms with Gasteiger partial charge in [0.1, 0.15) is 0 Å². The Morgan fingerprint density at radius 1 is 1.09 bits per heavy atom. The van der Waals surface area contributed by atoms with E-state index < -0.39 is 0 Å². The summed E-state index contributed by atoms with van der Waals surface area (Å²) in [6, 6.07) is 8.46. The van der Waals surface area contributed by atoms with Crippen LogP contribution in [0.1, 0.15) is 45.2 Å². The minimum Gasteiger partial charge on any atom is -0.377 e. The first kappa shape index (κ1) is 18.5. The second-order valence-corrected chi connectivity index (χ2v) is 5.76. The Labute approximate surface area is 135 Å². The van der Waals surface area contributed by atoms with Gasteiger partial charge in [-0.1, -0.05) is 38.1 Å². The summed E-state index contributed by atoms with van der Waals surface area (Å²) < 4.78 is 5.41. The van der Waals surface area contributed by atoms with Crippen molar-refractivity contribution < 1.29 is 4.74 Å². The molecule has 0 saturated carbocycles. The highest BCUT2D eigenvalue weighted by molar-refractivity contribution is 5.79. The molecule has 4 heteroatoms. The van der Waals surface area contributed by atoms with Crippen LogP contribution in [0, 0.1) is 5.92 Å². The van der Waals surface area contributed by atoms with E-state index in [4.69, 9.17) is 4.74 Å². The van der Waals surface area contributed by atoms with Crippen molar-refractivity contribution in [3.8, 4) is 0 Å². The van der Waals surface area contributed by atoms with E-state index in [1.165, 1.54) is 11.1 Å². The van der Waals surface area contributed by atoms with Crippen LogP contribution < -0.4 is 10.6 Å². The lowest BCUT2D eigenvalue weighted by atomic mass is 10.1. The molecule has 1 aromatic rings. The topological polar surface area (TPSA) is 45.7 Å². The van der Waals surface area contributed by atoms with E-state index in [0.29, 0.717) is 19.1 Å². The van der Waals surface area contributed by atoms with Crippen molar-refractivity contribution in [2.75, 3.05) is 19.7 Å². The number of hydrogen-bond donors (Lipinski definition) is 2. The molecule has 0 spiro atoms. The number of guanidine groups is 1. The van der Waals surface area contributed by atoms with Crippen LogP contribution in [0.15, 0.2) is 29.3 Å². The van der Waals surface area contributed by atoms with Gasteiger partial charge in [0.2, 0.25) is 0 Å². The van der Waals surface area contributed by atoms with Gasteiger partial charge in [-0.25, -0.2) is 4.99 Å². The SMILES string of the molecule is CCNC(=NCc1ccc(COCC)cc1)NCCC(C)C. The predicted octanol–water partition coefficient (Wildman–Crippen LogP) is 3.32. The van der Waals surface area contributed by atoms with E-state index in [2.05, 4.69) is 60.7 Å². The molecular formula is C18H31N3O. The summed E-state index contributed by atoms with van der Waals surface area (Å²) in [5, 5.41) is 6.67. The molecule has 2 N–H and O–H groups in total. The number of ether oxygens (including phenoxy) is 1. The van der Waals surface area contributed by atoms with Crippen LogP contribution in [0.5, 0.6) is 0 Å². The zero-order chi connectivity index (χ0) is 16.2. The summed E-state index contributed by atoms with van der Waals surface area (Å²) in [6.07, 6.45) is 1.15. The predicted molar refractivity (Wildman–Crippen MR) is 94.0 cm³/mol. The molecule has 0 heterocycles. The van der Waals surface area contributed by atoms with Gasteiger partial charge in [-0.3, -0.25) is 0 Å². The van der Waals surface area contributed by atoms with Gasteiger partial charge in [0, 0.05) is 19.7 Å². The molecule has 1 aromatic carbocycles. The van der Waals surface area contributed by atoms with Gasteiger partial charge < -0.3 is 15.4 Å². The number of hydrogen-bond acceptors (Lipinski definition) is 2. The summed E-state index contributed by atoms with van der Waals surface area (Å²) in [6.45, 7) is 12.5. The Kier molecular flexibility index (Phi) is 9.31. The third-order valence-corrected chi connectivity index (χ3v) is 3.27. The first-order valence-corrected chi connectivity index (χ1v) is 8.33. The Bertz CT molecular complexity index is 426. The van der Waals surface area contributed by atoms with Gasteiger partial charge in [-0.15, -0.1) is 0 Å². The van der Waals surface area contributed by atoms with Crippen LogP contribution >= 0.6 is 0 Å². The number of benzene rings is 1. The number of nitrogens with one attached hydrogen (secondary N) is 2. The lowest BCUT2D eigenvalue weighted by Gasteiger charge is -2.12. The first-order chi connectivity index (χ1) is 10.7. The molecule has 22 heavy (non-hydrogen) atoms. The van der Waals surface area contributed by atoms with Gasteiger partial charge in [0.05, 0.1) is 13.2 Å². The molecular weight excluding hydrogens is 274 g/mol. The van der Waals surface area contributed by atoms with Crippen molar-refractivity contribution in [1.82, 2.24) is 10.6 Å². The highest BCUT2D eigenvalue weighted by Crippen LogP contribution is 2.07. The molecule has 0 aliphatic rings. The van der Waals surface area contributed by atoms with E-state index in [9.17, 15) is 0 Å². The van der Waals surface area contributed by atoms with E-state index in [1.807, 2.05) is 6.92 Å². The smallest absolute Gasteiger partial charge is 0.191 e. The van der Waals surface area contributed by atoms with Gasteiger partial charge in [0.15, 0.2) is 5.96 Å². The number of rotatable bonds is 9. The van der Waals surface area contributed by atoms with Gasteiger partial charge >= 0.3 is 0 Å². The van der Waals surface area contributed by atoms with E-state index in [-0.39, 0.29) is 0 Å². The normalized spacial score (nSPS) is 11.8. The van der Waals surface area contributed by atoms with Crippen LogP contribution in [-0.2, 0) is 17.9 Å². The second-order valence-electron chi connectivity index (χ2n) is 5.76. The van der Waals surface area contributed by atoms with Crippen molar-refractivity contribution in [2.24, 2.45) is 10.9 Å². The molecule has 0 amide bonds. The Morgan fingerprint density at radius 3 is 2.36 bits per heavy atom. The average Bonchev–Trinajstić information content (AvgIpc) is 2.51. The molecule has 0 aromatic heterocycles.